The Balaban J connectivity index is 2.77. The molecule has 0 N–H and O–H groups in total. The Morgan fingerprint density at radius 2 is 2.23 bits per heavy atom. The van der Waals surface area contributed by atoms with Crippen molar-refractivity contribution in [1.29, 1.82) is 0 Å². The molecule has 2 aromatic heterocycles. The zero-order valence-electron chi connectivity index (χ0n) is 7.40. The van der Waals surface area contributed by atoms with Gasteiger partial charge in [0, 0.05) is 26.5 Å². The van der Waals surface area contributed by atoms with Gasteiger partial charge in [-0.3, -0.25) is 0 Å². The lowest BCUT2D eigenvalue weighted by molar-refractivity contribution is 0.908. The van der Waals surface area contributed by atoms with Crippen molar-refractivity contribution in [1.82, 2.24) is 14.6 Å². The second kappa shape index (κ2) is 2.99. The number of imidazole rings is 1. The van der Waals surface area contributed by atoms with E-state index in [0.29, 0.717) is 0 Å². The highest BCUT2D eigenvalue weighted by Crippen LogP contribution is 2.20. The van der Waals surface area contributed by atoms with E-state index in [1.165, 1.54) is 0 Å². The van der Waals surface area contributed by atoms with Crippen molar-refractivity contribution in [2.75, 3.05) is 19.0 Å². The summed E-state index contributed by atoms with van der Waals surface area (Å²) in [6.07, 6.45) is 3.56. The number of halogens is 1. The minimum Gasteiger partial charge on any atom is -0.375 e. The number of hydrogen-bond acceptors (Lipinski definition) is 3. The van der Waals surface area contributed by atoms with Crippen LogP contribution in [0.1, 0.15) is 0 Å². The molecule has 2 aromatic rings. The number of nitrogens with zero attached hydrogens (tertiary/aromatic N) is 4. The summed E-state index contributed by atoms with van der Waals surface area (Å²) >= 11 is 3.35. The minimum absolute atomic E-state index is 0.807. The Morgan fingerprint density at radius 1 is 1.46 bits per heavy atom. The highest BCUT2D eigenvalue weighted by atomic mass is 79.9. The summed E-state index contributed by atoms with van der Waals surface area (Å²) < 4.78 is 2.56. The molecular weight excluding hydrogens is 232 g/mol. The number of hydrogen-bond donors (Lipinski definition) is 0. The molecule has 4 nitrogen and oxygen atoms in total. The summed E-state index contributed by atoms with van der Waals surface area (Å²) in [7, 11) is 3.97. The fraction of sp³-hybridized carbons (Fsp3) is 0.250. The first-order valence-electron chi connectivity index (χ1n) is 3.85. The molecule has 0 aliphatic heterocycles. The second-order valence-corrected chi connectivity index (χ2v) is 3.75. The summed E-state index contributed by atoms with van der Waals surface area (Å²) in [5.74, 6) is 0. The Kier molecular flexibility index (Phi) is 1.95. The second-order valence-electron chi connectivity index (χ2n) is 2.94. The van der Waals surface area contributed by atoms with Crippen molar-refractivity contribution < 1.29 is 0 Å². The molecule has 0 aromatic carbocycles. The molecule has 2 heterocycles. The van der Waals surface area contributed by atoms with Crippen molar-refractivity contribution >= 4 is 27.3 Å². The Hall–Kier alpha value is -1.10. The van der Waals surface area contributed by atoms with E-state index in [9.17, 15) is 0 Å². The predicted octanol–water partition coefficient (Wildman–Crippen LogP) is 1.56. The number of aromatic nitrogens is 3. The maximum absolute atomic E-state index is 4.22. The molecule has 0 spiro atoms. The first-order valence-corrected chi connectivity index (χ1v) is 4.65. The molecule has 5 heteroatoms. The molecule has 0 saturated heterocycles. The van der Waals surface area contributed by atoms with Gasteiger partial charge in [0.05, 0.1) is 5.69 Å². The first kappa shape index (κ1) is 8.50. The molecule has 13 heavy (non-hydrogen) atoms. The zero-order valence-corrected chi connectivity index (χ0v) is 8.98. The lowest BCUT2D eigenvalue weighted by atomic mass is 10.4. The molecule has 0 aliphatic rings. The van der Waals surface area contributed by atoms with Crippen molar-refractivity contribution in [3.63, 3.8) is 0 Å². The zero-order chi connectivity index (χ0) is 9.42. The molecule has 0 amide bonds. The SMILES string of the molecule is CN(C)c1cc(Br)nn2ccnc12. The van der Waals surface area contributed by atoms with Gasteiger partial charge in [-0.15, -0.1) is 0 Å². The molecule has 0 bridgehead atoms. The molecular formula is C8H9BrN4. The van der Waals surface area contributed by atoms with E-state index >= 15 is 0 Å². The Bertz CT molecular complexity index is 435. The Morgan fingerprint density at radius 3 is 2.92 bits per heavy atom. The number of fused-ring (bicyclic) bond motifs is 1. The van der Waals surface area contributed by atoms with Crippen LogP contribution in [0.3, 0.4) is 0 Å². The van der Waals surface area contributed by atoms with Gasteiger partial charge >= 0.3 is 0 Å². The van der Waals surface area contributed by atoms with Crippen LogP contribution in [0, 0.1) is 0 Å². The molecule has 2 rings (SSSR count). The van der Waals surface area contributed by atoms with Gasteiger partial charge in [-0.2, -0.15) is 5.10 Å². The van der Waals surface area contributed by atoms with Gasteiger partial charge in [0.25, 0.3) is 0 Å². The molecule has 0 aliphatic carbocycles. The molecule has 68 valence electrons. The lowest BCUT2D eigenvalue weighted by Gasteiger charge is -2.12. The number of rotatable bonds is 1. The van der Waals surface area contributed by atoms with Gasteiger partial charge in [-0.25, -0.2) is 9.50 Å². The van der Waals surface area contributed by atoms with Crippen LogP contribution in [0.2, 0.25) is 0 Å². The first-order chi connectivity index (χ1) is 6.18. The minimum atomic E-state index is 0.807. The molecule has 0 atom stereocenters. The average molecular weight is 241 g/mol. The lowest BCUT2D eigenvalue weighted by Crippen LogP contribution is -2.11. The van der Waals surface area contributed by atoms with E-state index in [-0.39, 0.29) is 0 Å². The maximum Gasteiger partial charge on any atom is 0.177 e. The van der Waals surface area contributed by atoms with Crippen molar-refractivity contribution in [2.24, 2.45) is 0 Å². The Labute approximate surface area is 84.3 Å². The van der Waals surface area contributed by atoms with Crippen LogP contribution in [0.15, 0.2) is 23.1 Å². The van der Waals surface area contributed by atoms with E-state index in [0.717, 1.165) is 15.9 Å². The monoisotopic (exact) mass is 240 g/mol. The third-order valence-corrected chi connectivity index (χ3v) is 2.18. The van der Waals surface area contributed by atoms with Crippen LogP contribution in [-0.4, -0.2) is 28.7 Å². The summed E-state index contributed by atoms with van der Waals surface area (Å²) in [6, 6.07) is 1.95. The quantitative estimate of drug-likeness (QED) is 0.759. The van der Waals surface area contributed by atoms with Crippen LogP contribution in [0.4, 0.5) is 5.69 Å². The summed E-state index contributed by atoms with van der Waals surface area (Å²) in [6.45, 7) is 0. The van der Waals surface area contributed by atoms with E-state index in [4.69, 9.17) is 0 Å². The largest absolute Gasteiger partial charge is 0.375 e. The third-order valence-electron chi connectivity index (χ3n) is 1.79. The van der Waals surface area contributed by atoms with Crippen LogP contribution >= 0.6 is 15.9 Å². The topological polar surface area (TPSA) is 33.4 Å². The summed E-state index contributed by atoms with van der Waals surface area (Å²) in [5, 5.41) is 4.22. The number of anilines is 1. The fourth-order valence-electron chi connectivity index (χ4n) is 1.20. The summed E-state index contributed by atoms with van der Waals surface area (Å²) in [4.78, 5) is 6.23. The van der Waals surface area contributed by atoms with Gasteiger partial charge in [-0.1, -0.05) is 0 Å². The van der Waals surface area contributed by atoms with E-state index in [1.54, 1.807) is 10.7 Å². The van der Waals surface area contributed by atoms with Crippen LogP contribution in [0.25, 0.3) is 5.65 Å². The van der Waals surface area contributed by atoms with E-state index < -0.39 is 0 Å². The standard InChI is InChI=1S/C8H9BrN4/c1-12(2)6-5-7(9)11-13-4-3-10-8(6)13/h3-5H,1-2H3. The van der Waals surface area contributed by atoms with Crippen LogP contribution in [0.5, 0.6) is 0 Å². The smallest absolute Gasteiger partial charge is 0.177 e. The van der Waals surface area contributed by atoms with Gasteiger partial charge in [0.15, 0.2) is 5.65 Å². The average Bonchev–Trinajstić information content (AvgIpc) is 2.49. The summed E-state index contributed by atoms with van der Waals surface area (Å²) in [5.41, 5.74) is 1.92. The van der Waals surface area contributed by atoms with Gasteiger partial charge in [0.2, 0.25) is 0 Å². The van der Waals surface area contributed by atoms with E-state index in [2.05, 4.69) is 26.0 Å². The van der Waals surface area contributed by atoms with Crippen molar-refractivity contribution in [2.45, 2.75) is 0 Å². The van der Waals surface area contributed by atoms with Gasteiger partial charge < -0.3 is 4.90 Å². The van der Waals surface area contributed by atoms with Crippen molar-refractivity contribution in [3.05, 3.63) is 23.1 Å². The van der Waals surface area contributed by atoms with Crippen LogP contribution in [-0.2, 0) is 0 Å². The van der Waals surface area contributed by atoms with Crippen molar-refractivity contribution in [3.8, 4) is 0 Å². The highest BCUT2D eigenvalue weighted by molar-refractivity contribution is 9.10. The molecule has 0 radical (unpaired) electrons. The third kappa shape index (κ3) is 1.39. The highest BCUT2D eigenvalue weighted by Gasteiger charge is 2.06. The van der Waals surface area contributed by atoms with Crippen LogP contribution < -0.4 is 4.90 Å². The molecule has 0 fully saturated rings. The normalized spacial score (nSPS) is 10.7. The molecule has 0 saturated carbocycles. The molecule has 0 unspecified atom stereocenters. The fourth-order valence-corrected chi connectivity index (χ4v) is 1.59. The predicted molar refractivity (Wildman–Crippen MR) is 55.0 cm³/mol. The van der Waals surface area contributed by atoms with Gasteiger partial charge in [-0.05, 0) is 22.0 Å². The van der Waals surface area contributed by atoms with E-state index in [1.807, 2.05) is 31.3 Å². The van der Waals surface area contributed by atoms with Gasteiger partial charge in [0.1, 0.15) is 4.60 Å². The maximum atomic E-state index is 4.22.